The molecule has 0 aliphatic heterocycles. The van der Waals surface area contributed by atoms with E-state index in [4.69, 9.17) is 14.2 Å². The minimum atomic E-state index is -0.346. The summed E-state index contributed by atoms with van der Waals surface area (Å²) in [4.78, 5) is 12.1. The fourth-order valence-electron chi connectivity index (χ4n) is 3.14. The second-order valence-corrected chi connectivity index (χ2v) is 9.04. The second kappa shape index (κ2) is 11.4. The van der Waals surface area contributed by atoms with Crippen LogP contribution in [0.5, 0.6) is 17.2 Å². The Morgan fingerprint density at radius 1 is 0.941 bits per heavy atom. The van der Waals surface area contributed by atoms with Crippen LogP contribution in [0.25, 0.3) is 0 Å². The van der Waals surface area contributed by atoms with Crippen molar-refractivity contribution in [2.24, 2.45) is 5.10 Å². The predicted octanol–water partition coefficient (Wildman–Crippen LogP) is 5.41. The number of aryl methyl sites for hydroxylation is 1. The molecule has 0 aliphatic rings. The highest BCUT2D eigenvalue weighted by Crippen LogP contribution is 2.28. The Hall–Kier alpha value is -3.80. The molecule has 0 aliphatic carbocycles. The molecule has 3 aromatic carbocycles. The van der Waals surface area contributed by atoms with E-state index in [0.29, 0.717) is 23.9 Å². The zero-order chi connectivity index (χ0) is 24.6. The van der Waals surface area contributed by atoms with Crippen LogP contribution in [-0.4, -0.2) is 25.8 Å². The molecule has 6 nitrogen and oxygen atoms in total. The molecule has 0 fully saturated rings. The number of methoxy groups -OCH3 is 1. The molecule has 0 unspecified atom stereocenters. The average Bonchev–Trinajstić information content (AvgIpc) is 2.82. The minimum absolute atomic E-state index is 0.0682. The Morgan fingerprint density at radius 3 is 2.29 bits per heavy atom. The van der Waals surface area contributed by atoms with Gasteiger partial charge >= 0.3 is 0 Å². The molecule has 0 atom stereocenters. The highest BCUT2D eigenvalue weighted by molar-refractivity contribution is 5.83. The summed E-state index contributed by atoms with van der Waals surface area (Å²) in [5.74, 6) is 1.51. The molecule has 0 radical (unpaired) electrons. The third kappa shape index (κ3) is 7.37. The topological polar surface area (TPSA) is 69.2 Å². The van der Waals surface area contributed by atoms with E-state index < -0.39 is 0 Å². The zero-order valence-corrected chi connectivity index (χ0v) is 20.4. The van der Waals surface area contributed by atoms with Crippen LogP contribution in [0.15, 0.2) is 71.8 Å². The SMILES string of the molecule is COc1cc(/C=N/NC(=O)COc2ccc(C(C)(C)C)cc2)ccc1OCc1ccc(C)cc1. The Labute approximate surface area is 201 Å². The van der Waals surface area contributed by atoms with E-state index in [2.05, 4.69) is 50.4 Å². The normalized spacial score (nSPS) is 11.3. The molecular formula is C28H32N2O4. The van der Waals surface area contributed by atoms with E-state index in [1.807, 2.05) is 48.5 Å². The van der Waals surface area contributed by atoms with Crippen LogP contribution in [0.1, 0.15) is 43.0 Å². The van der Waals surface area contributed by atoms with E-state index >= 15 is 0 Å². The number of benzene rings is 3. The average molecular weight is 461 g/mol. The number of carbonyl (C=O) groups is 1. The maximum atomic E-state index is 12.1. The summed E-state index contributed by atoms with van der Waals surface area (Å²) in [6, 6.07) is 21.4. The van der Waals surface area contributed by atoms with Gasteiger partial charge in [0.25, 0.3) is 5.91 Å². The van der Waals surface area contributed by atoms with E-state index in [9.17, 15) is 4.79 Å². The van der Waals surface area contributed by atoms with E-state index in [-0.39, 0.29) is 17.9 Å². The van der Waals surface area contributed by atoms with Crippen LogP contribution < -0.4 is 19.6 Å². The van der Waals surface area contributed by atoms with E-state index in [0.717, 1.165) is 11.1 Å². The zero-order valence-electron chi connectivity index (χ0n) is 20.4. The Morgan fingerprint density at radius 2 is 1.65 bits per heavy atom. The molecule has 0 bridgehead atoms. The number of hydrazone groups is 1. The van der Waals surface area contributed by atoms with Crippen LogP contribution in [-0.2, 0) is 16.8 Å². The highest BCUT2D eigenvalue weighted by Gasteiger charge is 2.13. The molecule has 6 heteroatoms. The Kier molecular flexibility index (Phi) is 8.30. The molecule has 1 amide bonds. The quantitative estimate of drug-likeness (QED) is 0.342. The molecular weight excluding hydrogens is 428 g/mol. The van der Waals surface area contributed by atoms with Gasteiger partial charge in [0.05, 0.1) is 13.3 Å². The summed E-state index contributed by atoms with van der Waals surface area (Å²) >= 11 is 0. The molecule has 3 aromatic rings. The van der Waals surface area contributed by atoms with Crippen molar-refractivity contribution in [3.63, 3.8) is 0 Å². The summed E-state index contributed by atoms with van der Waals surface area (Å²) in [7, 11) is 1.59. The van der Waals surface area contributed by atoms with E-state index in [1.165, 1.54) is 11.1 Å². The summed E-state index contributed by atoms with van der Waals surface area (Å²) in [5, 5.41) is 4.01. The van der Waals surface area contributed by atoms with Gasteiger partial charge in [-0.1, -0.05) is 62.7 Å². The van der Waals surface area contributed by atoms with Crippen LogP contribution in [0.3, 0.4) is 0 Å². The number of amides is 1. The maximum Gasteiger partial charge on any atom is 0.277 e. The van der Waals surface area contributed by atoms with Crippen LogP contribution >= 0.6 is 0 Å². The number of hydrogen-bond acceptors (Lipinski definition) is 5. The fraction of sp³-hybridized carbons (Fsp3) is 0.286. The van der Waals surface area contributed by atoms with Crippen LogP contribution in [0.2, 0.25) is 0 Å². The summed E-state index contributed by atoms with van der Waals surface area (Å²) in [6.45, 7) is 8.82. The molecule has 0 spiro atoms. The van der Waals surface area contributed by atoms with Gasteiger partial charge in [-0.05, 0) is 59.4 Å². The third-order valence-corrected chi connectivity index (χ3v) is 5.20. The predicted molar refractivity (Wildman–Crippen MR) is 135 cm³/mol. The standard InChI is InChI=1S/C28H32N2O4/c1-20-6-8-21(9-7-20)18-34-25-15-10-22(16-26(25)32-5)17-29-30-27(31)19-33-24-13-11-23(12-14-24)28(2,3)4/h6-17H,18-19H2,1-5H3,(H,30,31)/b29-17+. The first-order valence-corrected chi connectivity index (χ1v) is 11.2. The Bertz CT molecular complexity index is 1110. The molecule has 178 valence electrons. The first-order valence-electron chi connectivity index (χ1n) is 11.2. The van der Waals surface area contributed by atoms with Crippen molar-refractivity contribution in [2.45, 2.75) is 39.7 Å². The first kappa shape index (κ1) is 24.8. The van der Waals surface area contributed by atoms with Crippen molar-refractivity contribution in [1.82, 2.24) is 5.43 Å². The van der Waals surface area contributed by atoms with Gasteiger partial charge in [0.2, 0.25) is 0 Å². The van der Waals surface area contributed by atoms with Crippen LogP contribution in [0.4, 0.5) is 0 Å². The number of nitrogens with zero attached hydrogens (tertiary/aromatic N) is 1. The number of hydrogen-bond donors (Lipinski definition) is 1. The maximum absolute atomic E-state index is 12.1. The van der Waals surface area contributed by atoms with Gasteiger partial charge in [-0.3, -0.25) is 4.79 Å². The highest BCUT2D eigenvalue weighted by atomic mass is 16.5. The van der Waals surface area contributed by atoms with Gasteiger partial charge in [-0.25, -0.2) is 5.43 Å². The number of ether oxygens (including phenoxy) is 3. The number of nitrogens with one attached hydrogen (secondary N) is 1. The van der Waals surface area contributed by atoms with Crippen molar-refractivity contribution in [3.8, 4) is 17.2 Å². The molecule has 3 rings (SSSR count). The first-order chi connectivity index (χ1) is 16.2. The summed E-state index contributed by atoms with van der Waals surface area (Å²) < 4.78 is 16.9. The van der Waals surface area contributed by atoms with Crippen LogP contribution in [0, 0.1) is 6.92 Å². The van der Waals surface area contributed by atoms with Crippen molar-refractivity contribution >= 4 is 12.1 Å². The van der Waals surface area contributed by atoms with Gasteiger partial charge in [0, 0.05) is 0 Å². The second-order valence-electron chi connectivity index (χ2n) is 9.04. The van der Waals surface area contributed by atoms with E-state index in [1.54, 1.807) is 19.4 Å². The molecule has 34 heavy (non-hydrogen) atoms. The largest absolute Gasteiger partial charge is 0.493 e. The van der Waals surface area contributed by atoms with Gasteiger partial charge < -0.3 is 14.2 Å². The Balaban J connectivity index is 1.49. The minimum Gasteiger partial charge on any atom is -0.493 e. The lowest BCUT2D eigenvalue weighted by molar-refractivity contribution is -0.123. The molecule has 1 N–H and O–H groups in total. The van der Waals surface area contributed by atoms with Gasteiger partial charge in [-0.2, -0.15) is 5.10 Å². The lowest BCUT2D eigenvalue weighted by Crippen LogP contribution is -2.24. The molecule has 0 heterocycles. The van der Waals surface area contributed by atoms with Crippen molar-refractivity contribution < 1.29 is 19.0 Å². The summed E-state index contributed by atoms with van der Waals surface area (Å²) in [6.07, 6.45) is 1.54. The lowest BCUT2D eigenvalue weighted by atomic mass is 9.87. The third-order valence-electron chi connectivity index (χ3n) is 5.20. The van der Waals surface area contributed by atoms with Crippen molar-refractivity contribution in [3.05, 3.63) is 89.0 Å². The summed E-state index contributed by atoms with van der Waals surface area (Å²) in [5.41, 5.74) is 6.79. The fourth-order valence-corrected chi connectivity index (χ4v) is 3.14. The molecule has 0 aromatic heterocycles. The smallest absolute Gasteiger partial charge is 0.277 e. The number of carbonyl (C=O) groups excluding carboxylic acids is 1. The van der Waals surface area contributed by atoms with Gasteiger partial charge in [0.15, 0.2) is 18.1 Å². The lowest BCUT2D eigenvalue weighted by Gasteiger charge is -2.19. The van der Waals surface area contributed by atoms with Gasteiger partial charge in [0.1, 0.15) is 12.4 Å². The number of rotatable bonds is 9. The van der Waals surface area contributed by atoms with Crippen molar-refractivity contribution in [2.75, 3.05) is 13.7 Å². The monoisotopic (exact) mass is 460 g/mol. The molecule has 0 saturated heterocycles. The van der Waals surface area contributed by atoms with Crippen molar-refractivity contribution in [1.29, 1.82) is 0 Å². The van der Waals surface area contributed by atoms with Gasteiger partial charge in [-0.15, -0.1) is 0 Å². The molecule has 0 saturated carbocycles.